The summed E-state index contributed by atoms with van der Waals surface area (Å²) in [4.78, 5) is 6.90. The lowest BCUT2D eigenvalue weighted by Gasteiger charge is -2.21. The molecule has 0 spiro atoms. The molecule has 0 saturated carbocycles. The Bertz CT molecular complexity index is 570. The van der Waals surface area contributed by atoms with E-state index in [0.29, 0.717) is 0 Å². The van der Waals surface area contributed by atoms with E-state index in [-0.39, 0.29) is 18.5 Å². The Morgan fingerprint density at radius 3 is 2.90 bits per heavy atom. The molecule has 1 aliphatic rings. The number of aromatic nitrogens is 1. The lowest BCUT2D eigenvalue weighted by Crippen LogP contribution is -2.31. The van der Waals surface area contributed by atoms with Crippen molar-refractivity contribution in [2.45, 2.75) is 25.4 Å². The molecule has 1 fully saturated rings. The number of thiazole rings is 1. The van der Waals surface area contributed by atoms with E-state index in [9.17, 15) is 9.50 Å². The van der Waals surface area contributed by atoms with Gasteiger partial charge in [0.05, 0.1) is 12.3 Å². The van der Waals surface area contributed by atoms with Crippen molar-refractivity contribution >= 4 is 11.3 Å². The highest BCUT2D eigenvalue weighted by Crippen LogP contribution is 2.26. The molecule has 1 atom stereocenters. The van der Waals surface area contributed by atoms with Crippen LogP contribution in [0, 0.1) is 5.82 Å². The van der Waals surface area contributed by atoms with Crippen LogP contribution in [-0.4, -0.2) is 34.2 Å². The molecule has 106 valence electrons. The maximum atomic E-state index is 12.9. The van der Waals surface area contributed by atoms with Gasteiger partial charge in [-0.1, -0.05) is 0 Å². The molecule has 0 amide bonds. The number of benzene rings is 1. The van der Waals surface area contributed by atoms with E-state index in [4.69, 9.17) is 0 Å². The maximum Gasteiger partial charge on any atom is 0.123 e. The van der Waals surface area contributed by atoms with E-state index in [2.05, 4.69) is 9.88 Å². The third kappa shape index (κ3) is 2.90. The summed E-state index contributed by atoms with van der Waals surface area (Å²) in [6.07, 6.45) is 2.20. The third-order valence-corrected chi connectivity index (χ3v) is 4.66. The SMILES string of the molecule is OCC1CCCN1Cc1csc(-c2ccc(F)cc2)n1. The fraction of sp³-hybridized carbons (Fsp3) is 0.400. The van der Waals surface area contributed by atoms with Crippen LogP contribution in [0.3, 0.4) is 0 Å². The Morgan fingerprint density at radius 1 is 1.35 bits per heavy atom. The molecule has 1 N–H and O–H groups in total. The Balaban J connectivity index is 1.72. The summed E-state index contributed by atoms with van der Waals surface area (Å²) in [5.74, 6) is -0.228. The van der Waals surface area contributed by atoms with Crippen LogP contribution in [0.15, 0.2) is 29.6 Å². The summed E-state index contributed by atoms with van der Waals surface area (Å²) in [7, 11) is 0. The molecular weight excluding hydrogens is 275 g/mol. The van der Waals surface area contributed by atoms with E-state index >= 15 is 0 Å². The molecule has 1 aromatic heterocycles. The monoisotopic (exact) mass is 292 g/mol. The highest BCUT2D eigenvalue weighted by Gasteiger charge is 2.24. The first-order valence-corrected chi connectivity index (χ1v) is 7.69. The number of halogens is 1. The zero-order chi connectivity index (χ0) is 13.9. The van der Waals surface area contributed by atoms with Gasteiger partial charge < -0.3 is 5.11 Å². The van der Waals surface area contributed by atoms with Crippen LogP contribution in [0.1, 0.15) is 18.5 Å². The Morgan fingerprint density at radius 2 is 2.15 bits per heavy atom. The van der Waals surface area contributed by atoms with Gasteiger partial charge in [0, 0.05) is 23.5 Å². The molecule has 2 aromatic rings. The van der Waals surface area contributed by atoms with E-state index in [1.165, 1.54) is 12.1 Å². The second-order valence-corrected chi connectivity index (χ2v) is 5.96. The summed E-state index contributed by atoms with van der Waals surface area (Å²) in [6.45, 7) is 2.02. The van der Waals surface area contributed by atoms with Crippen LogP contribution in [-0.2, 0) is 6.54 Å². The van der Waals surface area contributed by atoms with Gasteiger partial charge in [-0.2, -0.15) is 0 Å². The molecule has 1 unspecified atom stereocenters. The van der Waals surface area contributed by atoms with Gasteiger partial charge in [-0.25, -0.2) is 9.37 Å². The fourth-order valence-electron chi connectivity index (χ4n) is 2.62. The van der Waals surface area contributed by atoms with Gasteiger partial charge in [0.2, 0.25) is 0 Å². The van der Waals surface area contributed by atoms with Crippen LogP contribution in [0.5, 0.6) is 0 Å². The summed E-state index contributed by atoms with van der Waals surface area (Å²) < 4.78 is 12.9. The van der Waals surface area contributed by atoms with Gasteiger partial charge in [-0.3, -0.25) is 4.90 Å². The number of aliphatic hydroxyl groups excluding tert-OH is 1. The predicted molar refractivity (Wildman–Crippen MR) is 78.0 cm³/mol. The van der Waals surface area contributed by atoms with Gasteiger partial charge in [0.15, 0.2) is 0 Å². The molecule has 3 rings (SSSR count). The van der Waals surface area contributed by atoms with E-state index in [0.717, 1.165) is 42.2 Å². The average Bonchev–Trinajstić information content (AvgIpc) is 3.09. The molecular formula is C15H17FN2OS. The second kappa shape index (κ2) is 5.99. The van der Waals surface area contributed by atoms with Crippen LogP contribution in [0.4, 0.5) is 4.39 Å². The summed E-state index contributed by atoms with van der Waals surface area (Å²) in [5, 5.41) is 12.3. The van der Waals surface area contributed by atoms with Crippen molar-refractivity contribution < 1.29 is 9.50 Å². The molecule has 3 nitrogen and oxygen atoms in total. The van der Waals surface area contributed by atoms with E-state index < -0.39 is 0 Å². The minimum Gasteiger partial charge on any atom is -0.395 e. The number of hydrogen-bond donors (Lipinski definition) is 1. The predicted octanol–water partition coefficient (Wildman–Crippen LogP) is 2.91. The fourth-order valence-corrected chi connectivity index (χ4v) is 3.44. The number of aliphatic hydroxyl groups is 1. The first-order chi connectivity index (χ1) is 9.76. The average molecular weight is 292 g/mol. The van der Waals surface area contributed by atoms with Gasteiger partial charge in [-0.05, 0) is 43.7 Å². The third-order valence-electron chi connectivity index (χ3n) is 3.72. The van der Waals surface area contributed by atoms with Gasteiger partial charge in [0.1, 0.15) is 10.8 Å². The van der Waals surface area contributed by atoms with Crippen molar-refractivity contribution in [3.63, 3.8) is 0 Å². The van der Waals surface area contributed by atoms with E-state index in [1.54, 1.807) is 23.5 Å². The van der Waals surface area contributed by atoms with Crippen molar-refractivity contribution in [1.29, 1.82) is 0 Å². The minimum absolute atomic E-state index is 0.217. The highest BCUT2D eigenvalue weighted by molar-refractivity contribution is 7.13. The second-order valence-electron chi connectivity index (χ2n) is 5.10. The summed E-state index contributed by atoms with van der Waals surface area (Å²) in [6, 6.07) is 6.69. The molecule has 2 heterocycles. The number of rotatable bonds is 4. The first-order valence-electron chi connectivity index (χ1n) is 6.81. The molecule has 0 radical (unpaired) electrons. The lowest BCUT2D eigenvalue weighted by molar-refractivity contribution is 0.152. The number of nitrogens with zero attached hydrogens (tertiary/aromatic N) is 2. The van der Waals surface area contributed by atoms with Crippen LogP contribution < -0.4 is 0 Å². The molecule has 1 saturated heterocycles. The Hall–Kier alpha value is -1.30. The Kier molecular flexibility index (Phi) is 4.10. The molecule has 20 heavy (non-hydrogen) atoms. The van der Waals surface area contributed by atoms with Gasteiger partial charge in [0.25, 0.3) is 0 Å². The van der Waals surface area contributed by atoms with Crippen molar-refractivity contribution in [2.24, 2.45) is 0 Å². The maximum absolute atomic E-state index is 12.9. The normalized spacial score (nSPS) is 19.6. The smallest absolute Gasteiger partial charge is 0.123 e. The van der Waals surface area contributed by atoms with Gasteiger partial charge in [-0.15, -0.1) is 11.3 Å². The van der Waals surface area contributed by atoms with Crippen molar-refractivity contribution in [3.8, 4) is 10.6 Å². The first kappa shape index (κ1) is 13.7. The van der Waals surface area contributed by atoms with Gasteiger partial charge >= 0.3 is 0 Å². The summed E-state index contributed by atoms with van der Waals surface area (Å²) in [5.41, 5.74) is 1.97. The van der Waals surface area contributed by atoms with Crippen LogP contribution >= 0.6 is 11.3 Å². The van der Waals surface area contributed by atoms with E-state index in [1.807, 2.05) is 5.38 Å². The summed E-state index contributed by atoms with van der Waals surface area (Å²) >= 11 is 1.58. The van der Waals surface area contributed by atoms with Crippen LogP contribution in [0.25, 0.3) is 10.6 Å². The molecule has 1 aromatic carbocycles. The quantitative estimate of drug-likeness (QED) is 0.941. The zero-order valence-corrected chi connectivity index (χ0v) is 11.9. The largest absolute Gasteiger partial charge is 0.395 e. The lowest BCUT2D eigenvalue weighted by atomic mass is 10.2. The molecule has 0 aliphatic carbocycles. The Labute approximate surface area is 121 Å². The molecule has 1 aliphatic heterocycles. The van der Waals surface area contributed by atoms with Crippen molar-refractivity contribution in [3.05, 3.63) is 41.2 Å². The zero-order valence-electron chi connectivity index (χ0n) is 11.1. The topological polar surface area (TPSA) is 36.4 Å². The highest BCUT2D eigenvalue weighted by atomic mass is 32.1. The molecule has 0 bridgehead atoms. The minimum atomic E-state index is -0.228. The molecule has 5 heteroatoms. The van der Waals surface area contributed by atoms with Crippen LogP contribution in [0.2, 0.25) is 0 Å². The van der Waals surface area contributed by atoms with Crippen molar-refractivity contribution in [1.82, 2.24) is 9.88 Å². The number of hydrogen-bond acceptors (Lipinski definition) is 4. The number of likely N-dealkylation sites (tertiary alicyclic amines) is 1. The van der Waals surface area contributed by atoms with Crippen molar-refractivity contribution in [2.75, 3.05) is 13.2 Å². The standard InChI is InChI=1S/C15H17FN2OS/c16-12-5-3-11(4-6-12)15-17-13(10-20-15)8-18-7-1-2-14(18)9-19/h3-6,10,14,19H,1-2,7-9H2.